The molecule has 0 saturated heterocycles. The largest absolute Gasteiger partial charge is 0.359 e. The van der Waals surface area contributed by atoms with E-state index in [2.05, 4.69) is 16.9 Å². The highest BCUT2D eigenvalue weighted by atomic mass is 35.5. The number of nitrogens with one attached hydrogen (secondary N) is 1. The predicted octanol–water partition coefficient (Wildman–Crippen LogP) is 3.80. The van der Waals surface area contributed by atoms with E-state index < -0.39 is 11.0 Å². The summed E-state index contributed by atoms with van der Waals surface area (Å²) in [6.07, 6.45) is 3.25. The van der Waals surface area contributed by atoms with Gasteiger partial charge in [-0.3, -0.25) is 0 Å². The fourth-order valence-corrected chi connectivity index (χ4v) is 4.07. The van der Waals surface area contributed by atoms with Gasteiger partial charge in [0.1, 0.15) is 6.79 Å². The van der Waals surface area contributed by atoms with Crippen LogP contribution >= 0.6 is 11.6 Å². The molecule has 0 spiro atoms. The van der Waals surface area contributed by atoms with Crippen molar-refractivity contribution in [3.05, 3.63) is 34.9 Å². The van der Waals surface area contributed by atoms with E-state index in [1.807, 2.05) is 32.9 Å². The molecule has 0 radical (unpaired) electrons. The van der Waals surface area contributed by atoms with Crippen molar-refractivity contribution in [2.75, 3.05) is 20.5 Å². The van der Waals surface area contributed by atoms with Crippen molar-refractivity contribution in [1.82, 2.24) is 4.72 Å². The fraction of sp³-hybridized carbons (Fsp3) is 0.667. The highest BCUT2D eigenvalue weighted by Crippen LogP contribution is 2.47. The van der Waals surface area contributed by atoms with E-state index in [4.69, 9.17) is 21.1 Å². The van der Waals surface area contributed by atoms with E-state index in [1.54, 1.807) is 7.11 Å². The van der Waals surface area contributed by atoms with Crippen LogP contribution in [0, 0.1) is 0 Å². The number of ether oxygens (including phenoxy) is 2. The maximum absolute atomic E-state index is 12.7. The molecule has 0 aliphatic heterocycles. The summed E-state index contributed by atoms with van der Waals surface area (Å²) < 4.78 is 26.3. The third-order valence-electron chi connectivity index (χ3n) is 4.62. The minimum atomic E-state index is -1.16. The van der Waals surface area contributed by atoms with E-state index >= 15 is 0 Å². The zero-order valence-electron chi connectivity index (χ0n) is 14.9. The van der Waals surface area contributed by atoms with Crippen molar-refractivity contribution in [2.45, 2.75) is 56.2 Å². The summed E-state index contributed by atoms with van der Waals surface area (Å²) in [5.41, 5.74) is 1.15. The average molecular weight is 374 g/mol. The molecule has 1 aliphatic rings. The van der Waals surface area contributed by atoms with Gasteiger partial charge in [0.15, 0.2) is 0 Å². The molecule has 24 heavy (non-hydrogen) atoms. The Balaban J connectivity index is 2.25. The maximum Gasteiger partial charge on any atom is 0.146 e. The molecule has 0 aromatic heterocycles. The van der Waals surface area contributed by atoms with Gasteiger partial charge in [0.2, 0.25) is 0 Å². The Morgan fingerprint density at radius 1 is 1.29 bits per heavy atom. The zero-order chi connectivity index (χ0) is 17.8. The van der Waals surface area contributed by atoms with Crippen LogP contribution in [0.3, 0.4) is 0 Å². The van der Waals surface area contributed by atoms with Crippen LogP contribution in [0.15, 0.2) is 24.3 Å². The van der Waals surface area contributed by atoms with Crippen LogP contribution in [0.2, 0.25) is 5.02 Å². The van der Waals surface area contributed by atoms with Gasteiger partial charge >= 0.3 is 0 Å². The Morgan fingerprint density at radius 2 is 1.92 bits per heavy atom. The molecular weight excluding hydrogens is 346 g/mol. The highest BCUT2D eigenvalue weighted by molar-refractivity contribution is 7.84. The molecule has 4 nitrogen and oxygen atoms in total. The molecule has 1 unspecified atom stereocenters. The van der Waals surface area contributed by atoms with Crippen LogP contribution in [-0.4, -0.2) is 35.5 Å². The van der Waals surface area contributed by atoms with Crippen molar-refractivity contribution < 1.29 is 13.7 Å². The first-order chi connectivity index (χ1) is 11.3. The van der Waals surface area contributed by atoms with Crippen molar-refractivity contribution in [1.29, 1.82) is 0 Å². The summed E-state index contributed by atoms with van der Waals surface area (Å²) in [6.45, 7) is 6.60. The molecule has 136 valence electrons. The number of hydrogen-bond donors (Lipinski definition) is 1. The summed E-state index contributed by atoms with van der Waals surface area (Å²) in [5.74, 6) is 0. The third-order valence-corrected chi connectivity index (χ3v) is 6.49. The first-order valence-electron chi connectivity index (χ1n) is 8.30. The van der Waals surface area contributed by atoms with Crippen LogP contribution in [0.4, 0.5) is 0 Å². The first kappa shape index (κ1) is 19.9. The lowest BCUT2D eigenvalue weighted by molar-refractivity contribution is -0.0482. The van der Waals surface area contributed by atoms with Crippen molar-refractivity contribution in [3.63, 3.8) is 0 Å². The van der Waals surface area contributed by atoms with Crippen LogP contribution in [0.1, 0.15) is 45.6 Å². The monoisotopic (exact) mass is 373 g/mol. The Bertz CT molecular complexity index is 552. The SMILES string of the molecule is COCOC[C@@H](NS(=O)C(C)(C)C)C1(c2ccc(Cl)cc2)CCC1. The second kappa shape index (κ2) is 8.28. The molecule has 6 heteroatoms. The molecule has 1 aromatic carbocycles. The van der Waals surface area contributed by atoms with Gasteiger partial charge < -0.3 is 9.47 Å². The van der Waals surface area contributed by atoms with Gasteiger partial charge in [-0.15, -0.1) is 0 Å². The fourth-order valence-electron chi connectivity index (χ4n) is 3.04. The first-order valence-corrected chi connectivity index (χ1v) is 9.83. The van der Waals surface area contributed by atoms with Crippen LogP contribution in [-0.2, 0) is 25.9 Å². The van der Waals surface area contributed by atoms with Crippen molar-refractivity contribution in [2.24, 2.45) is 0 Å². The Kier molecular flexibility index (Phi) is 6.85. The van der Waals surface area contributed by atoms with Crippen molar-refractivity contribution in [3.8, 4) is 0 Å². The van der Waals surface area contributed by atoms with Gasteiger partial charge in [-0.05, 0) is 51.3 Å². The van der Waals surface area contributed by atoms with Gasteiger partial charge in [0, 0.05) is 17.5 Å². The number of benzene rings is 1. The second-order valence-corrected chi connectivity index (χ2v) is 9.78. The summed E-state index contributed by atoms with van der Waals surface area (Å²) >= 11 is 6.04. The standard InChI is InChI=1S/C18H28ClNO3S/c1-17(2,3)24(21)20-16(12-23-13-22-4)18(10-5-11-18)14-6-8-15(19)9-7-14/h6-9,16,20H,5,10-13H2,1-4H3/t16-,24?/m1/s1. The molecule has 1 fully saturated rings. The normalized spacial score (nSPS) is 19.5. The van der Waals surface area contributed by atoms with Gasteiger partial charge in [-0.25, -0.2) is 8.93 Å². The summed E-state index contributed by atoms with van der Waals surface area (Å²) in [7, 11) is 0.443. The summed E-state index contributed by atoms with van der Waals surface area (Å²) in [5, 5.41) is 0.728. The lowest BCUT2D eigenvalue weighted by Gasteiger charge is -2.48. The molecular formula is C18H28ClNO3S. The van der Waals surface area contributed by atoms with Gasteiger partial charge in [-0.2, -0.15) is 0 Å². The summed E-state index contributed by atoms with van der Waals surface area (Å²) in [4.78, 5) is 0. The second-order valence-electron chi connectivity index (χ2n) is 7.35. The van der Waals surface area contributed by atoms with E-state index in [9.17, 15) is 4.21 Å². The molecule has 1 aliphatic carbocycles. The lowest BCUT2D eigenvalue weighted by Crippen LogP contribution is -2.57. The van der Waals surface area contributed by atoms with Crippen LogP contribution in [0.5, 0.6) is 0 Å². The highest BCUT2D eigenvalue weighted by Gasteiger charge is 2.46. The molecule has 1 N–H and O–H groups in total. The molecule has 1 saturated carbocycles. The Morgan fingerprint density at radius 3 is 2.38 bits per heavy atom. The van der Waals surface area contributed by atoms with E-state index in [0.717, 1.165) is 24.3 Å². The molecule has 1 aromatic rings. The lowest BCUT2D eigenvalue weighted by atomic mass is 9.60. The number of halogens is 1. The Hall–Kier alpha value is -0.460. The predicted molar refractivity (Wildman–Crippen MR) is 99.6 cm³/mol. The van der Waals surface area contributed by atoms with Crippen molar-refractivity contribution >= 4 is 22.6 Å². The minimum Gasteiger partial charge on any atom is -0.359 e. The number of rotatable bonds is 8. The van der Waals surface area contributed by atoms with E-state index in [0.29, 0.717) is 6.61 Å². The molecule has 0 heterocycles. The molecule has 0 bridgehead atoms. The van der Waals surface area contributed by atoms with Crippen LogP contribution in [0.25, 0.3) is 0 Å². The minimum absolute atomic E-state index is 0.0392. The number of methoxy groups -OCH3 is 1. The Labute approximate surface area is 152 Å². The maximum atomic E-state index is 12.7. The average Bonchev–Trinajstić information content (AvgIpc) is 2.47. The van der Waals surface area contributed by atoms with Gasteiger partial charge in [0.05, 0.1) is 28.4 Å². The smallest absolute Gasteiger partial charge is 0.146 e. The van der Waals surface area contributed by atoms with E-state index in [1.165, 1.54) is 5.56 Å². The van der Waals surface area contributed by atoms with Gasteiger partial charge in [0.25, 0.3) is 0 Å². The quantitative estimate of drug-likeness (QED) is 0.557. The molecule has 0 amide bonds. The number of hydrogen-bond acceptors (Lipinski definition) is 3. The summed E-state index contributed by atoms with van der Waals surface area (Å²) in [6, 6.07) is 7.96. The zero-order valence-corrected chi connectivity index (χ0v) is 16.5. The van der Waals surface area contributed by atoms with Gasteiger partial charge in [-0.1, -0.05) is 30.2 Å². The van der Waals surface area contributed by atoms with Crippen LogP contribution < -0.4 is 4.72 Å². The van der Waals surface area contributed by atoms with E-state index in [-0.39, 0.29) is 23.0 Å². The molecule has 2 atom stereocenters. The molecule has 2 rings (SSSR count). The third kappa shape index (κ3) is 4.58. The topological polar surface area (TPSA) is 47.6 Å².